The fourth-order valence-electron chi connectivity index (χ4n) is 3.11. The van der Waals surface area contributed by atoms with Gasteiger partial charge in [-0.25, -0.2) is 0 Å². The molecule has 6 nitrogen and oxygen atoms in total. The summed E-state index contributed by atoms with van der Waals surface area (Å²) >= 11 is 0. The van der Waals surface area contributed by atoms with Crippen LogP contribution in [0.3, 0.4) is 0 Å². The van der Waals surface area contributed by atoms with Crippen LogP contribution in [0.1, 0.15) is 73.9 Å². The Kier molecular flexibility index (Phi) is 9.88. The van der Waals surface area contributed by atoms with Crippen molar-refractivity contribution in [1.82, 2.24) is 10.9 Å². The highest BCUT2D eigenvalue weighted by Gasteiger charge is 2.14. The second-order valence-corrected chi connectivity index (χ2v) is 7.89. The molecule has 2 aromatic carbocycles. The second kappa shape index (κ2) is 12.6. The molecule has 0 fully saturated rings. The number of ether oxygens (including phenoxy) is 2. The van der Waals surface area contributed by atoms with Crippen LogP contribution in [0.25, 0.3) is 0 Å². The lowest BCUT2D eigenvalue weighted by Crippen LogP contribution is -2.44. The third kappa shape index (κ3) is 7.96. The number of hydrogen-bond acceptors (Lipinski definition) is 4. The van der Waals surface area contributed by atoms with Gasteiger partial charge in [-0.3, -0.25) is 20.4 Å². The molecule has 0 aliphatic carbocycles. The van der Waals surface area contributed by atoms with Crippen LogP contribution in [0, 0.1) is 6.92 Å². The Morgan fingerprint density at radius 2 is 1.71 bits per heavy atom. The largest absolute Gasteiger partial charge is 0.493 e. The minimum absolute atomic E-state index is 0.195. The third-order valence-corrected chi connectivity index (χ3v) is 4.85. The monoisotopic (exact) mass is 426 g/mol. The highest BCUT2D eigenvalue weighted by Crippen LogP contribution is 2.27. The van der Waals surface area contributed by atoms with Crippen LogP contribution in [0.4, 0.5) is 0 Å². The van der Waals surface area contributed by atoms with Gasteiger partial charge < -0.3 is 9.47 Å². The summed E-state index contributed by atoms with van der Waals surface area (Å²) in [7, 11) is 0. The van der Waals surface area contributed by atoms with Crippen molar-refractivity contribution in [2.75, 3.05) is 13.2 Å². The lowest BCUT2D eigenvalue weighted by Gasteiger charge is -2.15. The highest BCUT2D eigenvalue weighted by atomic mass is 16.5. The lowest BCUT2D eigenvalue weighted by atomic mass is 10.0. The van der Waals surface area contributed by atoms with Gasteiger partial charge in [-0.15, -0.1) is 0 Å². The van der Waals surface area contributed by atoms with Gasteiger partial charge in [0.1, 0.15) is 11.5 Å². The SMILES string of the molecule is CCCCCCOc1ccccc1C(=O)NNC(=O)COc1cc(C)ccc1C(C)C. The minimum Gasteiger partial charge on any atom is -0.493 e. The molecule has 6 heteroatoms. The van der Waals surface area contributed by atoms with E-state index >= 15 is 0 Å². The van der Waals surface area contributed by atoms with E-state index in [-0.39, 0.29) is 12.5 Å². The molecule has 0 saturated carbocycles. The second-order valence-electron chi connectivity index (χ2n) is 7.89. The number of carbonyl (C=O) groups is 2. The lowest BCUT2D eigenvalue weighted by molar-refractivity contribution is -0.123. The topological polar surface area (TPSA) is 76.7 Å². The molecule has 31 heavy (non-hydrogen) atoms. The number of hydrazine groups is 1. The third-order valence-electron chi connectivity index (χ3n) is 4.85. The molecule has 2 aromatic rings. The standard InChI is InChI=1S/C25H34N2O4/c1-5-6-7-10-15-30-22-12-9-8-11-21(22)25(29)27-26-24(28)17-31-23-16-19(4)13-14-20(23)18(2)3/h8-9,11-14,16,18H,5-7,10,15,17H2,1-4H3,(H,26,28)(H,27,29). The quantitative estimate of drug-likeness (QED) is 0.395. The predicted molar refractivity (Wildman–Crippen MR) is 122 cm³/mol. The molecule has 0 unspecified atom stereocenters. The number of aryl methyl sites for hydroxylation is 1. The molecule has 0 radical (unpaired) electrons. The molecule has 0 aromatic heterocycles. The molecular weight excluding hydrogens is 392 g/mol. The van der Waals surface area contributed by atoms with Crippen molar-refractivity contribution < 1.29 is 19.1 Å². The van der Waals surface area contributed by atoms with Crippen molar-refractivity contribution >= 4 is 11.8 Å². The Morgan fingerprint density at radius 1 is 0.935 bits per heavy atom. The summed E-state index contributed by atoms with van der Waals surface area (Å²) in [6.45, 7) is 8.63. The van der Waals surface area contributed by atoms with Crippen molar-refractivity contribution in [3.63, 3.8) is 0 Å². The average molecular weight is 427 g/mol. The molecule has 2 N–H and O–H groups in total. The molecular formula is C25H34N2O4. The number of benzene rings is 2. The number of rotatable bonds is 11. The minimum atomic E-state index is -0.442. The van der Waals surface area contributed by atoms with E-state index in [4.69, 9.17) is 9.47 Å². The van der Waals surface area contributed by atoms with E-state index in [1.807, 2.05) is 31.2 Å². The highest BCUT2D eigenvalue weighted by molar-refractivity contribution is 5.97. The molecule has 0 heterocycles. The van der Waals surface area contributed by atoms with Crippen LogP contribution in [-0.2, 0) is 4.79 Å². The number of hydrogen-bond donors (Lipinski definition) is 2. The van der Waals surface area contributed by atoms with Crippen LogP contribution in [-0.4, -0.2) is 25.0 Å². The van der Waals surface area contributed by atoms with Gasteiger partial charge in [0.2, 0.25) is 0 Å². The van der Waals surface area contributed by atoms with Crippen molar-refractivity contribution in [3.05, 3.63) is 59.2 Å². The van der Waals surface area contributed by atoms with E-state index in [1.54, 1.807) is 18.2 Å². The number of amides is 2. The smallest absolute Gasteiger partial charge is 0.276 e. The maximum atomic E-state index is 12.5. The first-order chi connectivity index (χ1) is 14.9. The van der Waals surface area contributed by atoms with Gasteiger partial charge in [0.05, 0.1) is 12.2 Å². The Hall–Kier alpha value is -3.02. The van der Waals surface area contributed by atoms with E-state index in [9.17, 15) is 9.59 Å². The molecule has 2 rings (SSSR count). The summed E-state index contributed by atoms with van der Waals surface area (Å²) in [6, 6.07) is 12.9. The van der Waals surface area contributed by atoms with Gasteiger partial charge in [-0.05, 0) is 48.6 Å². The number of unbranched alkanes of at least 4 members (excludes halogenated alkanes) is 3. The molecule has 0 bridgehead atoms. The van der Waals surface area contributed by atoms with Gasteiger partial charge in [-0.2, -0.15) is 0 Å². The summed E-state index contributed by atoms with van der Waals surface area (Å²) < 4.78 is 11.5. The molecule has 0 aliphatic rings. The fraction of sp³-hybridized carbons (Fsp3) is 0.440. The summed E-state index contributed by atoms with van der Waals surface area (Å²) in [6.07, 6.45) is 4.36. The summed E-state index contributed by atoms with van der Waals surface area (Å²) in [5.41, 5.74) is 7.31. The Bertz CT molecular complexity index is 864. The Balaban J connectivity index is 1.86. The number of nitrogens with one attached hydrogen (secondary N) is 2. The molecule has 0 saturated heterocycles. The summed E-state index contributed by atoms with van der Waals surface area (Å²) in [5.74, 6) is 0.580. The number of para-hydroxylation sites is 1. The van der Waals surface area contributed by atoms with Crippen LogP contribution in [0.2, 0.25) is 0 Å². The first-order valence-electron chi connectivity index (χ1n) is 11.0. The van der Waals surface area contributed by atoms with Crippen molar-refractivity contribution in [3.8, 4) is 11.5 Å². The van der Waals surface area contributed by atoms with E-state index in [1.165, 1.54) is 6.42 Å². The maximum Gasteiger partial charge on any atom is 0.276 e. The van der Waals surface area contributed by atoms with Gasteiger partial charge >= 0.3 is 0 Å². The fourth-order valence-corrected chi connectivity index (χ4v) is 3.11. The molecule has 0 atom stereocenters. The van der Waals surface area contributed by atoms with E-state index < -0.39 is 11.8 Å². The van der Waals surface area contributed by atoms with Crippen LogP contribution < -0.4 is 20.3 Å². The van der Waals surface area contributed by atoms with Crippen molar-refractivity contribution in [1.29, 1.82) is 0 Å². The normalized spacial score (nSPS) is 10.6. The van der Waals surface area contributed by atoms with Crippen LogP contribution in [0.5, 0.6) is 11.5 Å². The molecule has 168 valence electrons. The van der Waals surface area contributed by atoms with Gasteiger partial charge in [0.15, 0.2) is 6.61 Å². The predicted octanol–water partition coefficient (Wildman–Crippen LogP) is 4.92. The summed E-state index contributed by atoms with van der Waals surface area (Å²) in [5, 5.41) is 0. The molecule has 0 aliphatic heterocycles. The molecule has 2 amide bonds. The first kappa shape index (κ1) is 24.3. The van der Waals surface area contributed by atoms with Gasteiger partial charge in [-0.1, -0.05) is 64.3 Å². The van der Waals surface area contributed by atoms with E-state index in [2.05, 4.69) is 31.6 Å². The average Bonchev–Trinajstić information content (AvgIpc) is 2.76. The van der Waals surface area contributed by atoms with Crippen molar-refractivity contribution in [2.24, 2.45) is 0 Å². The first-order valence-corrected chi connectivity index (χ1v) is 11.0. The Labute approximate surface area is 185 Å². The van der Waals surface area contributed by atoms with E-state index in [0.717, 1.165) is 30.4 Å². The zero-order valence-electron chi connectivity index (χ0n) is 19.0. The number of carbonyl (C=O) groups excluding carboxylic acids is 2. The zero-order chi connectivity index (χ0) is 22.6. The zero-order valence-corrected chi connectivity index (χ0v) is 19.0. The maximum absolute atomic E-state index is 12.5. The summed E-state index contributed by atoms with van der Waals surface area (Å²) in [4.78, 5) is 24.7. The molecule has 0 spiro atoms. The van der Waals surface area contributed by atoms with Gasteiger partial charge in [0.25, 0.3) is 11.8 Å². The van der Waals surface area contributed by atoms with Crippen LogP contribution >= 0.6 is 0 Å². The van der Waals surface area contributed by atoms with Crippen molar-refractivity contribution in [2.45, 2.75) is 59.3 Å². The van der Waals surface area contributed by atoms with Crippen LogP contribution in [0.15, 0.2) is 42.5 Å². The van der Waals surface area contributed by atoms with E-state index in [0.29, 0.717) is 23.7 Å². The Morgan fingerprint density at radius 3 is 2.45 bits per heavy atom. The van der Waals surface area contributed by atoms with Gasteiger partial charge in [0, 0.05) is 0 Å².